The minimum absolute atomic E-state index is 1.09. The van der Waals surface area contributed by atoms with Crippen LogP contribution in [0.3, 0.4) is 0 Å². The van der Waals surface area contributed by atoms with Crippen LogP contribution in [-0.4, -0.2) is 9.55 Å². The van der Waals surface area contributed by atoms with Crippen molar-refractivity contribution in [2.75, 3.05) is 0 Å². The van der Waals surface area contributed by atoms with Crippen LogP contribution in [0.2, 0.25) is 0 Å². The minimum atomic E-state index is 1.09. The Hall–Kier alpha value is -1.83. The Morgan fingerprint density at radius 3 is 2.79 bits per heavy atom. The van der Waals surface area contributed by atoms with Crippen LogP contribution in [0.4, 0.5) is 0 Å². The third kappa shape index (κ3) is 1.01. The third-order valence-electron chi connectivity index (χ3n) is 2.49. The molecule has 0 saturated carbocycles. The van der Waals surface area contributed by atoms with Gasteiger partial charge in [0.1, 0.15) is 0 Å². The molecule has 0 fully saturated rings. The first-order valence-electron chi connectivity index (χ1n) is 4.47. The standard InChI is InChI=1S/C12H12N2/c1-4-9-10-6-7-13-8-12(10)14(3)11(9)5-2/h4-8H,1-2H2,3H3. The molecule has 2 heterocycles. The van der Waals surface area contributed by atoms with E-state index in [2.05, 4.69) is 22.7 Å². The summed E-state index contributed by atoms with van der Waals surface area (Å²) in [6.07, 6.45) is 7.36. The van der Waals surface area contributed by atoms with Gasteiger partial charge in [0.2, 0.25) is 0 Å². The molecular formula is C12H12N2. The molecule has 2 aromatic heterocycles. The molecule has 0 aliphatic rings. The van der Waals surface area contributed by atoms with Crippen molar-refractivity contribution in [2.45, 2.75) is 0 Å². The molecule has 70 valence electrons. The van der Waals surface area contributed by atoms with Crippen molar-refractivity contribution in [3.63, 3.8) is 0 Å². The monoisotopic (exact) mass is 184 g/mol. The molecule has 2 nitrogen and oxygen atoms in total. The first kappa shape index (κ1) is 8.75. The second kappa shape index (κ2) is 3.14. The van der Waals surface area contributed by atoms with Crippen molar-refractivity contribution in [1.29, 1.82) is 0 Å². The Balaban J connectivity index is 2.98. The lowest BCUT2D eigenvalue weighted by Gasteiger charge is -1.97. The van der Waals surface area contributed by atoms with Crippen molar-refractivity contribution in [3.8, 4) is 0 Å². The molecule has 0 aliphatic heterocycles. The molecule has 0 spiro atoms. The number of hydrogen-bond donors (Lipinski definition) is 0. The van der Waals surface area contributed by atoms with E-state index in [4.69, 9.17) is 0 Å². The highest BCUT2D eigenvalue weighted by molar-refractivity contribution is 5.92. The van der Waals surface area contributed by atoms with Gasteiger partial charge < -0.3 is 4.57 Å². The van der Waals surface area contributed by atoms with E-state index >= 15 is 0 Å². The van der Waals surface area contributed by atoms with Crippen LogP contribution in [0, 0.1) is 0 Å². The molecule has 0 N–H and O–H groups in total. The van der Waals surface area contributed by atoms with Gasteiger partial charge in [-0.3, -0.25) is 4.98 Å². The molecule has 0 amide bonds. The van der Waals surface area contributed by atoms with Gasteiger partial charge >= 0.3 is 0 Å². The highest BCUT2D eigenvalue weighted by Crippen LogP contribution is 2.25. The zero-order valence-electron chi connectivity index (χ0n) is 8.20. The maximum atomic E-state index is 4.11. The third-order valence-corrected chi connectivity index (χ3v) is 2.49. The maximum absolute atomic E-state index is 4.11. The first-order chi connectivity index (χ1) is 6.79. The van der Waals surface area contributed by atoms with Crippen molar-refractivity contribution in [2.24, 2.45) is 7.05 Å². The molecule has 2 heteroatoms. The Kier molecular flexibility index (Phi) is 1.97. The van der Waals surface area contributed by atoms with Gasteiger partial charge in [0, 0.05) is 29.9 Å². The van der Waals surface area contributed by atoms with E-state index < -0.39 is 0 Å². The fourth-order valence-electron chi connectivity index (χ4n) is 1.79. The first-order valence-corrected chi connectivity index (χ1v) is 4.47. The van der Waals surface area contributed by atoms with Crippen molar-refractivity contribution in [1.82, 2.24) is 9.55 Å². The molecule has 0 saturated heterocycles. The van der Waals surface area contributed by atoms with Crippen LogP contribution in [0.1, 0.15) is 11.3 Å². The van der Waals surface area contributed by atoms with Crippen LogP contribution in [-0.2, 0) is 7.05 Å². The van der Waals surface area contributed by atoms with Gasteiger partial charge in [-0.05, 0) is 12.1 Å². The number of pyridine rings is 1. The average molecular weight is 184 g/mol. The van der Waals surface area contributed by atoms with Crippen LogP contribution < -0.4 is 0 Å². The summed E-state index contributed by atoms with van der Waals surface area (Å²) >= 11 is 0. The molecule has 2 aromatic rings. The Morgan fingerprint density at radius 2 is 2.14 bits per heavy atom. The Bertz CT molecular complexity index is 506. The predicted molar refractivity (Wildman–Crippen MR) is 60.9 cm³/mol. The predicted octanol–water partition coefficient (Wildman–Crippen LogP) is 2.86. The highest BCUT2D eigenvalue weighted by Gasteiger charge is 2.09. The summed E-state index contributed by atoms with van der Waals surface area (Å²) in [6.45, 7) is 7.63. The average Bonchev–Trinajstić information content (AvgIpc) is 2.51. The van der Waals surface area contributed by atoms with Crippen LogP contribution >= 0.6 is 0 Å². The summed E-state index contributed by atoms with van der Waals surface area (Å²) < 4.78 is 2.08. The molecule has 0 aromatic carbocycles. The Labute approximate surface area is 83.2 Å². The summed E-state index contributed by atoms with van der Waals surface area (Å²) in [4.78, 5) is 4.11. The summed E-state index contributed by atoms with van der Waals surface area (Å²) in [5, 5.41) is 1.17. The van der Waals surface area contributed by atoms with Crippen LogP contribution in [0.15, 0.2) is 31.6 Å². The quantitative estimate of drug-likeness (QED) is 0.701. The minimum Gasteiger partial charge on any atom is -0.342 e. The molecule has 0 unspecified atom stereocenters. The normalized spacial score (nSPS) is 10.4. The molecule has 0 radical (unpaired) electrons. The number of aromatic nitrogens is 2. The molecule has 2 rings (SSSR count). The number of rotatable bonds is 2. The van der Waals surface area contributed by atoms with E-state index in [1.807, 2.05) is 31.5 Å². The van der Waals surface area contributed by atoms with Gasteiger partial charge in [0.25, 0.3) is 0 Å². The topological polar surface area (TPSA) is 17.8 Å². The fourth-order valence-corrected chi connectivity index (χ4v) is 1.79. The lowest BCUT2D eigenvalue weighted by atomic mass is 10.1. The number of nitrogens with zero attached hydrogens (tertiary/aromatic N) is 2. The summed E-state index contributed by atoms with van der Waals surface area (Å²) in [5.74, 6) is 0. The zero-order chi connectivity index (χ0) is 10.1. The van der Waals surface area contributed by atoms with E-state index in [0.717, 1.165) is 16.8 Å². The van der Waals surface area contributed by atoms with Gasteiger partial charge in [-0.25, -0.2) is 0 Å². The second-order valence-electron chi connectivity index (χ2n) is 3.16. The molecule has 0 aliphatic carbocycles. The molecule has 14 heavy (non-hydrogen) atoms. The molecule has 0 bridgehead atoms. The van der Waals surface area contributed by atoms with Crippen molar-refractivity contribution >= 4 is 23.1 Å². The highest BCUT2D eigenvalue weighted by atomic mass is 15.0. The van der Waals surface area contributed by atoms with Crippen LogP contribution in [0.25, 0.3) is 23.1 Å². The summed E-state index contributed by atoms with van der Waals surface area (Å²) in [5.41, 5.74) is 3.32. The smallest absolute Gasteiger partial charge is 0.0675 e. The molecular weight excluding hydrogens is 172 g/mol. The maximum Gasteiger partial charge on any atom is 0.0675 e. The van der Waals surface area contributed by atoms with E-state index in [-0.39, 0.29) is 0 Å². The summed E-state index contributed by atoms with van der Waals surface area (Å²) in [6, 6.07) is 2.00. The lowest BCUT2D eigenvalue weighted by molar-refractivity contribution is 0.950. The Morgan fingerprint density at radius 1 is 1.36 bits per heavy atom. The van der Waals surface area contributed by atoms with E-state index in [1.165, 1.54) is 5.39 Å². The summed E-state index contributed by atoms with van der Waals surface area (Å²) in [7, 11) is 2.01. The number of aryl methyl sites for hydroxylation is 1. The zero-order valence-corrected chi connectivity index (χ0v) is 8.20. The van der Waals surface area contributed by atoms with Crippen LogP contribution in [0.5, 0.6) is 0 Å². The van der Waals surface area contributed by atoms with E-state index in [1.54, 1.807) is 6.20 Å². The van der Waals surface area contributed by atoms with Crippen molar-refractivity contribution in [3.05, 3.63) is 42.9 Å². The fraction of sp³-hybridized carbons (Fsp3) is 0.0833. The van der Waals surface area contributed by atoms with Crippen molar-refractivity contribution < 1.29 is 0 Å². The van der Waals surface area contributed by atoms with Gasteiger partial charge in [-0.15, -0.1) is 0 Å². The lowest BCUT2D eigenvalue weighted by Crippen LogP contribution is -1.90. The van der Waals surface area contributed by atoms with E-state index in [0.29, 0.717) is 0 Å². The second-order valence-corrected chi connectivity index (χ2v) is 3.16. The largest absolute Gasteiger partial charge is 0.342 e. The van der Waals surface area contributed by atoms with E-state index in [9.17, 15) is 0 Å². The van der Waals surface area contributed by atoms with Gasteiger partial charge in [-0.2, -0.15) is 0 Å². The molecule has 0 atom stereocenters. The van der Waals surface area contributed by atoms with Gasteiger partial charge in [-0.1, -0.05) is 19.2 Å². The van der Waals surface area contributed by atoms with Gasteiger partial charge in [0.05, 0.1) is 11.7 Å². The number of hydrogen-bond acceptors (Lipinski definition) is 1. The number of fused-ring (bicyclic) bond motifs is 1. The SMILES string of the molecule is C=Cc1c(C=C)n(C)c2cnccc12. The van der Waals surface area contributed by atoms with Gasteiger partial charge in [0.15, 0.2) is 0 Å².